The molecule has 0 bridgehead atoms. The molecule has 0 fully saturated rings. The molecule has 0 radical (unpaired) electrons. The summed E-state index contributed by atoms with van der Waals surface area (Å²) in [4.78, 5) is 5.41. The van der Waals surface area contributed by atoms with E-state index in [0.29, 0.717) is 6.54 Å². The third kappa shape index (κ3) is 5.76. The molecule has 1 heterocycles. The Hall–Kier alpha value is -1.73. The number of benzene rings is 1. The van der Waals surface area contributed by atoms with Gasteiger partial charge in [-0.05, 0) is 31.2 Å². The Morgan fingerprint density at radius 3 is 2.78 bits per heavy atom. The van der Waals surface area contributed by atoms with E-state index in [0.717, 1.165) is 35.6 Å². The van der Waals surface area contributed by atoms with E-state index in [1.165, 1.54) is 4.90 Å². The van der Waals surface area contributed by atoms with Crippen molar-refractivity contribution in [3.63, 3.8) is 0 Å². The molecule has 0 aliphatic heterocycles. The summed E-state index contributed by atoms with van der Waals surface area (Å²) >= 11 is 7.65. The number of hydrogen-bond donors (Lipinski definition) is 2. The Morgan fingerprint density at radius 2 is 2.09 bits per heavy atom. The van der Waals surface area contributed by atoms with Crippen LogP contribution in [0.5, 0.6) is 0 Å². The van der Waals surface area contributed by atoms with Gasteiger partial charge in [-0.1, -0.05) is 11.6 Å². The van der Waals surface area contributed by atoms with E-state index in [-0.39, 0.29) is 0 Å². The molecule has 0 unspecified atom stereocenters. The zero-order valence-electron chi connectivity index (χ0n) is 13.3. The minimum absolute atomic E-state index is 0.595. The smallest absolute Gasteiger partial charge is 0.191 e. The van der Waals surface area contributed by atoms with Crippen molar-refractivity contribution >= 4 is 29.3 Å². The zero-order chi connectivity index (χ0) is 16.5. The summed E-state index contributed by atoms with van der Waals surface area (Å²) in [5.41, 5.74) is 0. The lowest BCUT2D eigenvalue weighted by atomic mass is 10.4. The van der Waals surface area contributed by atoms with E-state index < -0.39 is 0 Å². The molecule has 124 valence electrons. The van der Waals surface area contributed by atoms with Crippen molar-refractivity contribution in [2.75, 3.05) is 19.3 Å². The van der Waals surface area contributed by atoms with Crippen LogP contribution < -0.4 is 10.6 Å². The third-order valence-electron chi connectivity index (χ3n) is 3.15. The Labute approximate surface area is 145 Å². The van der Waals surface area contributed by atoms with Gasteiger partial charge in [-0.25, -0.2) is 0 Å². The van der Waals surface area contributed by atoms with Gasteiger partial charge < -0.3 is 15.2 Å². The molecule has 6 nitrogen and oxygen atoms in total. The lowest BCUT2D eigenvalue weighted by Crippen LogP contribution is -2.38. The van der Waals surface area contributed by atoms with Gasteiger partial charge in [-0.2, -0.15) is 0 Å². The first kappa shape index (κ1) is 17.6. The summed E-state index contributed by atoms with van der Waals surface area (Å²) in [5, 5.41) is 15.3. The number of aryl methyl sites for hydroxylation is 1. The lowest BCUT2D eigenvalue weighted by Gasteiger charge is -2.11. The molecular formula is C15H21ClN6S. The van der Waals surface area contributed by atoms with Crippen LogP contribution in [0.1, 0.15) is 12.7 Å². The highest BCUT2D eigenvalue weighted by molar-refractivity contribution is 7.99. The quantitative estimate of drug-likeness (QED) is 0.346. The number of aromatic nitrogens is 3. The lowest BCUT2D eigenvalue weighted by molar-refractivity contribution is 0.671. The van der Waals surface area contributed by atoms with Crippen LogP contribution in [0.15, 0.2) is 40.5 Å². The van der Waals surface area contributed by atoms with Gasteiger partial charge in [0.05, 0.1) is 6.54 Å². The number of nitrogens with one attached hydrogen (secondary N) is 2. The molecule has 2 aromatic rings. The second-order valence-electron chi connectivity index (χ2n) is 4.69. The molecule has 0 spiro atoms. The number of nitrogens with zero attached hydrogens (tertiary/aromatic N) is 4. The van der Waals surface area contributed by atoms with Crippen LogP contribution in [-0.2, 0) is 13.1 Å². The maximum Gasteiger partial charge on any atom is 0.191 e. The molecule has 0 saturated heterocycles. The van der Waals surface area contributed by atoms with Crippen molar-refractivity contribution in [1.82, 2.24) is 25.4 Å². The summed E-state index contributed by atoms with van der Waals surface area (Å²) < 4.78 is 2.00. The van der Waals surface area contributed by atoms with Crippen molar-refractivity contribution < 1.29 is 0 Å². The van der Waals surface area contributed by atoms with Gasteiger partial charge in [0.25, 0.3) is 0 Å². The maximum atomic E-state index is 5.88. The van der Waals surface area contributed by atoms with Gasteiger partial charge in [0, 0.05) is 35.8 Å². The average Bonchev–Trinajstić information content (AvgIpc) is 3.03. The van der Waals surface area contributed by atoms with Crippen molar-refractivity contribution in [3.05, 3.63) is 41.4 Å². The molecular weight excluding hydrogens is 332 g/mol. The predicted octanol–water partition coefficient (Wildman–Crippen LogP) is 2.41. The second-order valence-corrected chi connectivity index (χ2v) is 6.29. The fraction of sp³-hybridized carbons (Fsp3) is 0.400. The highest BCUT2D eigenvalue weighted by atomic mass is 35.5. The Kier molecular flexibility index (Phi) is 7.22. The Balaban J connectivity index is 1.70. The van der Waals surface area contributed by atoms with Crippen LogP contribution in [-0.4, -0.2) is 40.1 Å². The Bertz CT molecular complexity index is 625. The summed E-state index contributed by atoms with van der Waals surface area (Å²) in [6, 6.07) is 7.86. The maximum absolute atomic E-state index is 5.88. The standard InChI is InChI=1S/C15H21ClN6S/c1-3-22-11-20-21-14(22)10-19-15(17-2)18-8-9-23-13-6-4-12(16)5-7-13/h4-7,11H,3,8-10H2,1-2H3,(H2,17,18,19). The molecule has 0 saturated carbocycles. The molecule has 8 heteroatoms. The van der Waals surface area contributed by atoms with Gasteiger partial charge in [-0.3, -0.25) is 4.99 Å². The van der Waals surface area contributed by atoms with Crippen LogP contribution >= 0.6 is 23.4 Å². The molecule has 2 rings (SSSR count). The van der Waals surface area contributed by atoms with E-state index in [1.54, 1.807) is 25.1 Å². The van der Waals surface area contributed by atoms with Gasteiger partial charge in [0.1, 0.15) is 6.33 Å². The largest absolute Gasteiger partial charge is 0.356 e. The van der Waals surface area contributed by atoms with Crippen molar-refractivity contribution in [1.29, 1.82) is 0 Å². The molecule has 2 N–H and O–H groups in total. The van der Waals surface area contributed by atoms with Gasteiger partial charge in [0.15, 0.2) is 11.8 Å². The zero-order valence-corrected chi connectivity index (χ0v) is 14.9. The minimum Gasteiger partial charge on any atom is -0.356 e. The van der Waals surface area contributed by atoms with Gasteiger partial charge >= 0.3 is 0 Å². The number of thioether (sulfide) groups is 1. The molecule has 0 amide bonds. The average molecular weight is 353 g/mol. The fourth-order valence-corrected chi connectivity index (χ4v) is 2.83. The van der Waals surface area contributed by atoms with E-state index in [2.05, 4.69) is 32.7 Å². The van der Waals surface area contributed by atoms with E-state index in [1.807, 2.05) is 28.8 Å². The topological polar surface area (TPSA) is 67.1 Å². The second kappa shape index (κ2) is 9.42. The summed E-state index contributed by atoms with van der Waals surface area (Å²) in [5.74, 6) is 2.59. The number of halogens is 1. The van der Waals surface area contributed by atoms with E-state index in [4.69, 9.17) is 11.6 Å². The van der Waals surface area contributed by atoms with Gasteiger partial charge in [0.2, 0.25) is 0 Å². The third-order valence-corrected chi connectivity index (χ3v) is 4.42. The molecule has 0 aliphatic carbocycles. The van der Waals surface area contributed by atoms with Crippen molar-refractivity contribution in [3.8, 4) is 0 Å². The number of aliphatic imine (C=N–C) groups is 1. The van der Waals surface area contributed by atoms with Crippen LogP contribution in [0, 0.1) is 0 Å². The monoisotopic (exact) mass is 352 g/mol. The molecule has 0 atom stereocenters. The molecule has 23 heavy (non-hydrogen) atoms. The number of rotatable bonds is 7. The number of hydrogen-bond acceptors (Lipinski definition) is 4. The molecule has 1 aromatic heterocycles. The summed E-state index contributed by atoms with van der Waals surface area (Å²) in [6.45, 7) is 4.33. The highest BCUT2D eigenvalue weighted by Crippen LogP contribution is 2.19. The normalized spacial score (nSPS) is 11.5. The van der Waals surface area contributed by atoms with Crippen LogP contribution in [0.4, 0.5) is 0 Å². The van der Waals surface area contributed by atoms with E-state index in [9.17, 15) is 0 Å². The SMILES string of the molecule is CCn1cnnc1CNC(=NC)NCCSc1ccc(Cl)cc1. The molecule has 1 aromatic carbocycles. The van der Waals surface area contributed by atoms with Crippen LogP contribution in [0.3, 0.4) is 0 Å². The summed E-state index contributed by atoms with van der Waals surface area (Å²) in [6.07, 6.45) is 1.73. The first-order valence-electron chi connectivity index (χ1n) is 7.42. The molecule has 0 aliphatic rings. The summed E-state index contributed by atoms with van der Waals surface area (Å²) in [7, 11) is 1.76. The van der Waals surface area contributed by atoms with Crippen LogP contribution in [0.2, 0.25) is 5.02 Å². The van der Waals surface area contributed by atoms with Gasteiger partial charge in [-0.15, -0.1) is 22.0 Å². The Morgan fingerprint density at radius 1 is 1.30 bits per heavy atom. The first-order chi connectivity index (χ1) is 11.2. The fourth-order valence-electron chi connectivity index (χ4n) is 1.93. The van der Waals surface area contributed by atoms with Crippen molar-refractivity contribution in [2.24, 2.45) is 4.99 Å². The van der Waals surface area contributed by atoms with Crippen LogP contribution in [0.25, 0.3) is 0 Å². The predicted molar refractivity (Wildman–Crippen MR) is 96.1 cm³/mol. The minimum atomic E-state index is 0.595. The number of guanidine groups is 1. The first-order valence-corrected chi connectivity index (χ1v) is 8.79. The highest BCUT2D eigenvalue weighted by Gasteiger charge is 2.04. The van der Waals surface area contributed by atoms with Crippen molar-refractivity contribution in [2.45, 2.75) is 24.9 Å². The van der Waals surface area contributed by atoms with E-state index >= 15 is 0 Å².